The molecule has 9 heteroatoms. The van der Waals surface area contributed by atoms with Crippen LogP contribution in [0, 0.1) is 0 Å². The summed E-state index contributed by atoms with van der Waals surface area (Å²) in [5.74, 6) is -2.87. The molecule has 0 saturated carbocycles. The average molecular weight is 342 g/mol. The maximum atomic E-state index is 11.2. The number of carbonyl (C=O) groups excluding carboxylic acids is 1. The van der Waals surface area contributed by atoms with Crippen LogP contribution in [0.3, 0.4) is 0 Å². The number of hydrogen-bond acceptors (Lipinski definition) is 5. The molecule has 0 fully saturated rings. The molecule has 0 unspecified atom stereocenters. The van der Waals surface area contributed by atoms with Gasteiger partial charge in [-0.25, -0.2) is 9.59 Å². The zero-order valence-electron chi connectivity index (χ0n) is 10.4. The van der Waals surface area contributed by atoms with Gasteiger partial charge in [0.15, 0.2) is 0 Å². The molecule has 0 aromatic heterocycles. The van der Waals surface area contributed by atoms with Crippen LogP contribution < -0.4 is 0 Å². The molecule has 2 N–H and O–H groups in total. The first-order valence-electron chi connectivity index (χ1n) is 5.26. The monoisotopic (exact) mass is 340 g/mol. The van der Waals surface area contributed by atoms with Crippen molar-refractivity contribution in [1.82, 2.24) is 0 Å². The van der Waals surface area contributed by atoms with E-state index in [-0.39, 0.29) is 17.1 Å². The topological polar surface area (TPSA) is 118 Å². The van der Waals surface area contributed by atoms with Gasteiger partial charge in [0, 0.05) is 0 Å². The van der Waals surface area contributed by atoms with Crippen molar-refractivity contribution in [2.45, 2.75) is 11.0 Å². The second kappa shape index (κ2) is 7.98. The number of carboxylic acid groups (broad SMARTS) is 1. The Morgan fingerprint density at radius 3 is 1.95 bits per heavy atom. The molecule has 1 aromatic carbocycles. The van der Waals surface area contributed by atoms with Gasteiger partial charge in [-0.1, -0.05) is 12.1 Å². The van der Waals surface area contributed by atoms with Crippen molar-refractivity contribution in [3.05, 3.63) is 35.4 Å². The van der Waals surface area contributed by atoms with Crippen molar-refractivity contribution in [3.63, 3.8) is 0 Å². The van der Waals surface area contributed by atoms with Gasteiger partial charge in [0.25, 0.3) is 0 Å². The van der Waals surface area contributed by atoms with Crippen molar-refractivity contribution in [1.29, 1.82) is 0 Å². The van der Waals surface area contributed by atoms with Crippen LogP contribution in [0.2, 0.25) is 11.0 Å². The minimum absolute atomic E-state index is 0.125. The second-order valence-corrected chi connectivity index (χ2v) is 7.35. The Bertz CT molecular complexity index is 553. The van der Waals surface area contributed by atoms with E-state index in [1.54, 1.807) is 0 Å². The third kappa shape index (κ3) is 7.00. The molecule has 0 radical (unpaired) electrons. The third-order valence-corrected chi connectivity index (χ3v) is 1.92. The molecule has 0 bridgehead atoms. The zero-order valence-corrected chi connectivity index (χ0v) is 14.1. The van der Waals surface area contributed by atoms with Crippen LogP contribution in [-0.4, -0.2) is 30.0 Å². The summed E-state index contributed by atoms with van der Waals surface area (Å²) in [5.41, 5.74) is 3.74. The summed E-state index contributed by atoms with van der Waals surface area (Å²) in [6.45, 7) is 0. The van der Waals surface area contributed by atoms with E-state index in [1.165, 1.54) is 12.1 Å². The molecule has 0 aliphatic carbocycles. The van der Waals surface area contributed by atoms with Gasteiger partial charge in [0.2, 0.25) is 0 Å². The SMILES string of the molecule is O=C(O)c1ccccc1C(=O)OS(=O)(=O)O.[CH3][Zn][CH3]. The fourth-order valence-electron chi connectivity index (χ4n) is 0.988. The van der Waals surface area contributed by atoms with Gasteiger partial charge in [0.1, 0.15) is 0 Å². The van der Waals surface area contributed by atoms with Crippen molar-refractivity contribution in [2.75, 3.05) is 0 Å². The average Bonchev–Trinajstić information content (AvgIpc) is 2.27. The third-order valence-electron chi connectivity index (χ3n) is 1.56. The van der Waals surface area contributed by atoms with Crippen molar-refractivity contribution >= 4 is 22.3 Å². The van der Waals surface area contributed by atoms with E-state index in [0.717, 1.165) is 12.1 Å². The van der Waals surface area contributed by atoms with Crippen LogP contribution >= 0.6 is 0 Å². The maximum absolute atomic E-state index is 11.2. The Labute approximate surface area is 118 Å². The molecule has 1 aromatic rings. The fourth-order valence-corrected chi connectivity index (χ4v) is 1.27. The molecular formula is C10H12O7SZn. The number of carboxylic acids is 1. The molecule has 0 atom stereocenters. The van der Waals surface area contributed by atoms with Crippen LogP contribution in [0.25, 0.3) is 0 Å². The molecule has 7 nitrogen and oxygen atoms in total. The first-order chi connectivity index (χ1) is 8.72. The summed E-state index contributed by atoms with van der Waals surface area (Å²) < 4.78 is 32.4. The molecule has 19 heavy (non-hydrogen) atoms. The summed E-state index contributed by atoms with van der Waals surface area (Å²) in [6.07, 6.45) is 0. The predicted octanol–water partition coefficient (Wildman–Crippen LogP) is 1.51. The van der Waals surface area contributed by atoms with Gasteiger partial charge >= 0.3 is 50.5 Å². The Morgan fingerprint density at radius 1 is 1.16 bits per heavy atom. The summed E-state index contributed by atoms with van der Waals surface area (Å²) >= 11 is 0.125. The van der Waals surface area contributed by atoms with Crippen LogP contribution in [0.15, 0.2) is 24.3 Å². The number of aromatic carboxylic acids is 1. The Kier molecular flexibility index (Phi) is 7.43. The number of rotatable bonds is 3. The molecule has 1 rings (SSSR count). The Hall–Kier alpha value is -1.31. The summed E-state index contributed by atoms with van der Waals surface area (Å²) in [7, 11) is -4.96. The normalized spacial score (nSPS) is 9.63. The first kappa shape index (κ1) is 17.7. The number of benzene rings is 1. The molecule has 0 heterocycles. The van der Waals surface area contributed by atoms with Gasteiger partial charge < -0.3 is 9.29 Å². The molecule has 0 amide bonds. The molecule has 0 saturated heterocycles. The second-order valence-electron chi connectivity index (χ2n) is 3.36. The predicted molar refractivity (Wildman–Crippen MR) is 62.1 cm³/mol. The van der Waals surface area contributed by atoms with Crippen LogP contribution in [0.4, 0.5) is 0 Å². The molecule has 0 aliphatic heterocycles. The summed E-state index contributed by atoms with van der Waals surface area (Å²) in [4.78, 5) is 21.8. The van der Waals surface area contributed by atoms with Crippen molar-refractivity contribution in [3.8, 4) is 0 Å². The molecule has 0 aliphatic rings. The number of carbonyl (C=O) groups is 2. The Balaban J connectivity index is 0.000000982. The van der Waals surface area contributed by atoms with Crippen LogP contribution in [0.1, 0.15) is 20.7 Å². The fraction of sp³-hybridized carbons (Fsp3) is 0.200. The Morgan fingerprint density at radius 2 is 1.58 bits per heavy atom. The van der Waals surface area contributed by atoms with E-state index >= 15 is 0 Å². The van der Waals surface area contributed by atoms with Gasteiger partial charge in [-0.05, 0) is 12.1 Å². The minimum atomic E-state index is -4.96. The number of hydrogen-bond donors (Lipinski definition) is 2. The first-order valence-corrected chi connectivity index (χ1v) is 12.6. The van der Waals surface area contributed by atoms with E-state index in [1.807, 2.05) is 0 Å². The zero-order chi connectivity index (χ0) is 15.1. The molecule has 102 valence electrons. The summed E-state index contributed by atoms with van der Waals surface area (Å²) in [6, 6.07) is 4.85. The van der Waals surface area contributed by atoms with E-state index < -0.39 is 33.5 Å². The van der Waals surface area contributed by atoms with Gasteiger partial charge in [-0.15, -0.1) is 0 Å². The summed E-state index contributed by atoms with van der Waals surface area (Å²) in [5, 5.41) is 8.69. The molecule has 0 spiro atoms. The van der Waals surface area contributed by atoms with Gasteiger partial charge in [-0.3, -0.25) is 4.55 Å². The quantitative estimate of drug-likeness (QED) is 0.632. The van der Waals surface area contributed by atoms with Gasteiger partial charge in [0.05, 0.1) is 11.1 Å². The van der Waals surface area contributed by atoms with Gasteiger partial charge in [-0.2, -0.15) is 8.42 Å². The van der Waals surface area contributed by atoms with E-state index in [2.05, 4.69) is 15.2 Å². The molecular weight excluding hydrogens is 330 g/mol. The van der Waals surface area contributed by atoms with Crippen molar-refractivity contribution in [2.24, 2.45) is 0 Å². The van der Waals surface area contributed by atoms with Crippen LogP contribution in [-0.2, 0) is 31.7 Å². The standard InChI is InChI=1S/C8H6O7S.2CH3.Zn/c9-7(10)5-3-1-2-4-6(5)8(11)15-16(12,13)14;;;/h1-4H,(H,9,10)(H,12,13,14);2*1H3;. The van der Waals surface area contributed by atoms with E-state index in [4.69, 9.17) is 9.66 Å². The van der Waals surface area contributed by atoms with E-state index in [0.29, 0.717) is 0 Å². The van der Waals surface area contributed by atoms with E-state index in [9.17, 15) is 18.0 Å². The van der Waals surface area contributed by atoms with Crippen molar-refractivity contribution < 1.29 is 49.0 Å². The van der Waals surface area contributed by atoms with Crippen LogP contribution in [0.5, 0.6) is 0 Å².